The van der Waals surface area contributed by atoms with E-state index in [2.05, 4.69) is 26.9 Å². The summed E-state index contributed by atoms with van der Waals surface area (Å²) in [5.41, 5.74) is 0.952. The molecule has 0 aromatic carbocycles. The predicted molar refractivity (Wildman–Crippen MR) is 64.6 cm³/mol. The van der Waals surface area contributed by atoms with Gasteiger partial charge in [-0.05, 0) is 13.0 Å². The average molecular weight is 277 g/mol. The number of alkyl halides is 3. The molecular formula is C12H18F3N3O. The van der Waals surface area contributed by atoms with Crippen molar-refractivity contribution in [1.82, 2.24) is 15.3 Å². The molecule has 0 spiro atoms. The molecule has 4 nitrogen and oxygen atoms in total. The molecule has 0 unspecified atom stereocenters. The second-order valence-corrected chi connectivity index (χ2v) is 4.10. The van der Waals surface area contributed by atoms with Crippen LogP contribution in [0.5, 0.6) is 0 Å². The lowest BCUT2D eigenvalue weighted by molar-refractivity contribution is -0.173. The van der Waals surface area contributed by atoms with E-state index in [-0.39, 0.29) is 13.0 Å². The Morgan fingerprint density at radius 1 is 1.26 bits per heavy atom. The van der Waals surface area contributed by atoms with Crippen molar-refractivity contribution in [3.63, 3.8) is 0 Å². The molecule has 0 aliphatic carbocycles. The van der Waals surface area contributed by atoms with Crippen molar-refractivity contribution in [2.24, 2.45) is 0 Å². The second-order valence-electron chi connectivity index (χ2n) is 4.10. The molecule has 0 saturated heterocycles. The Hall–Kier alpha value is -1.21. The zero-order valence-corrected chi connectivity index (χ0v) is 10.8. The number of hydrogen-bond donors (Lipinski definition) is 1. The van der Waals surface area contributed by atoms with E-state index in [9.17, 15) is 13.2 Å². The number of aromatic nitrogens is 2. The molecule has 1 aromatic heterocycles. The van der Waals surface area contributed by atoms with Crippen LogP contribution < -0.4 is 5.32 Å². The number of nitrogens with zero attached hydrogens (tertiary/aromatic N) is 2. The Bertz CT molecular complexity index is 354. The Morgan fingerprint density at radius 2 is 1.95 bits per heavy atom. The van der Waals surface area contributed by atoms with E-state index in [4.69, 9.17) is 0 Å². The van der Waals surface area contributed by atoms with Gasteiger partial charge in [-0.15, -0.1) is 0 Å². The standard InChI is InChI=1S/C12H18F3N3O/c1-2-4-16-6-10-7-17-11(18-8-10)3-5-19-9-12(13,14)15/h7-8,16H,2-6,9H2,1H3. The minimum absolute atomic E-state index is 0.0348. The third-order valence-corrected chi connectivity index (χ3v) is 2.25. The molecule has 0 radical (unpaired) electrons. The van der Waals surface area contributed by atoms with Crippen molar-refractivity contribution in [1.29, 1.82) is 0 Å². The fraction of sp³-hybridized carbons (Fsp3) is 0.667. The molecule has 19 heavy (non-hydrogen) atoms. The predicted octanol–water partition coefficient (Wildman–Crippen LogP) is 2.10. The first-order valence-corrected chi connectivity index (χ1v) is 6.16. The van der Waals surface area contributed by atoms with Gasteiger partial charge in [-0.3, -0.25) is 0 Å². The van der Waals surface area contributed by atoms with Gasteiger partial charge in [-0.1, -0.05) is 6.92 Å². The quantitative estimate of drug-likeness (QED) is 0.739. The summed E-state index contributed by atoms with van der Waals surface area (Å²) in [5, 5.41) is 3.21. The first-order valence-electron chi connectivity index (χ1n) is 6.16. The van der Waals surface area contributed by atoms with Crippen LogP contribution in [0.25, 0.3) is 0 Å². The van der Waals surface area contributed by atoms with Crippen LogP contribution in [0.3, 0.4) is 0 Å². The summed E-state index contributed by atoms with van der Waals surface area (Å²) in [6.07, 6.45) is 0.396. The number of rotatable bonds is 8. The van der Waals surface area contributed by atoms with Gasteiger partial charge < -0.3 is 10.1 Å². The van der Waals surface area contributed by atoms with Crippen LogP contribution >= 0.6 is 0 Å². The highest BCUT2D eigenvalue weighted by Crippen LogP contribution is 2.14. The van der Waals surface area contributed by atoms with Crippen molar-refractivity contribution >= 4 is 0 Å². The SMILES string of the molecule is CCCNCc1cnc(CCOCC(F)(F)F)nc1. The highest BCUT2D eigenvalue weighted by Gasteiger charge is 2.27. The van der Waals surface area contributed by atoms with Crippen LogP contribution in [0.1, 0.15) is 24.7 Å². The molecule has 1 heterocycles. The zero-order valence-electron chi connectivity index (χ0n) is 10.8. The summed E-state index contributed by atoms with van der Waals surface area (Å²) in [6.45, 7) is 2.43. The minimum Gasteiger partial charge on any atom is -0.372 e. The number of ether oxygens (including phenoxy) is 1. The lowest BCUT2D eigenvalue weighted by atomic mass is 10.3. The van der Waals surface area contributed by atoms with E-state index >= 15 is 0 Å². The van der Waals surface area contributed by atoms with Gasteiger partial charge in [0.1, 0.15) is 12.4 Å². The van der Waals surface area contributed by atoms with Gasteiger partial charge in [-0.2, -0.15) is 13.2 Å². The van der Waals surface area contributed by atoms with Gasteiger partial charge in [0.25, 0.3) is 0 Å². The normalized spacial score (nSPS) is 11.8. The van der Waals surface area contributed by atoms with Gasteiger partial charge in [-0.25, -0.2) is 9.97 Å². The van der Waals surface area contributed by atoms with Gasteiger partial charge >= 0.3 is 6.18 Å². The molecule has 1 N–H and O–H groups in total. The van der Waals surface area contributed by atoms with Gasteiger partial charge in [0.2, 0.25) is 0 Å². The van der Waals surface area contributed by atoms with E-state index in [1.54, 1.807) is 12.4 Å². The van der Waals surface area contributed by atoms with Crippen LogP contribution in [0.2, 0.25) is 0 Å². The summed E-state index contributed by atoms with van der Waals surface area (Å²) in [7, 11) is 0. The molecule has 0 saturated carbocycles. The van der Waals surface area contributed by atoms with E-state index in [0.29, 0.717) is 12.4 Å². The van der Waals surface area contributed by atoms with E-state index in [0.717, 1.165) is 18.5 Å². The molecule has 0 amide bonds. The Kier molecular flexibility index (Phi) is 6.72. The lowest BCUT2D eigenvalue weighted by Crippen LogP contribution is -2.18. The first kappa shape index (κ1) is 15.8. The largest absolute Gasteiger partial charge is 0.411 e. The highest BCUT2D eigenvalue weighted by atomic mass is 19.4. The Balaban J connectivity index is 2.24. The van der Waals surface area contributed by atoms with Crippen molar-refractivity contribution in [3.05, 3.63) is 23.8 Å². The molecule has 7 heteroatoms. The highest BCUT2D eigenvalue weighted by molar-refractivity contribution is 5.04. The smallest absolute Gasteiger partial charge is 0.372 e. The van der Waals surface area contributed by atoms with Crippen molar-refractivity contribution in [2.45, 2.75) is 32.5 Å². The zero-order chi connectivity index (χ0) is 14.1. The molecule has 0 aliphatic rings. The maximum absolute atomic E-state index is 11.8. The minimum atomic E-state index is -4.28. The molecule has 1 aromatic rings. The van der Waals surface area contributed by atoms with Crippen LogP contribution in [-0.4, -0.2) is 35.9 Å². The van der Waals surface area contributed by atoms with Gasteiger partial charge in [0.05, 0.1) is 6.61 Å². The van der Waals surface area contributed by atoms with Crippen LogP contribution in [0.15, 0.2) is 12.4 Å². The fourth-order valence-corrected chi connectivity index (χ4v) is 1.36. The van der Waals surface area contributed by atoms with Gasteiger partial charge in [0, 0.05) is 30.9 Å². The number of nitrogens with one attached hydrogen (secondary N) is 1. The molecule has 0 bridgehead atoms. The molecular weight excluding hydrogens is 259 g/mol. The fourth-order valence-electron chi connectivity index (χ4n) is 1.36. The summed E-state index contributed by atoms with van der Waals surface area (Å²) < 4.78 is 40.0. The molecule has 108 valence electrons. The third kappa shape index (κ3) is 7.74. The summed E-state index contributed by atoms with van der Waals surface area (Å²) in [5.74, 6) is 0.487. The van der Waals surface area contributed by atoms with E-state index in [1.807, 2.05) is 0 Å². The Labute approximate surface area is 110 Å². The van der Waals surface area contributed by atoms with Gasteiger partial charge in [0.15, 0.2) is 0 Å². The third-order valence-electron chi connectivity index (χ3n) is 2.25. The maximum atomic E-state index is 11.8. The summed E-state index contributed by atoms with van der Waals surface area (Å²) in [6, 6.07) is 0. The average Bonchev–Trinajstić information content (AvgIpc) is 2.36. The first-order chi connectivity index (χ1) is 9.01. The van der Waals surface area contributed by atoms with Crippen molar-refractivity contribution < 1.29 is 17.9 Å². The lowest BCUT2D eigenvalue weighted by Gasteiger charge is -2.07. The topological polar surface area (TPSA) is 47.0 Å². The molecule has 1 rings (SSSR count). The summed E-state index contributed by atoms with van der Waals surface area (Å²) >= 11 is 0. The number of halogens is 3. The molecule has 0 atom stereocenters. The molecule has 0 aliphatic heterocycles. The monoisotopic (exact) mass is 277 g/mol. The van der Waals surface area contributed by atoms with Crippen LogP contribution in [0.4, 0.5) is 13.2 Å². The second kappa shape index (κ2) is 8.06. The van der Waals surface area contributed by atoms with Crippen molar-refractivity contribution in [2.75, 3.05) is 19.8 Å². The molecule has 0 fully saturated rings. The van der Waals surface area contributed by atoms with Crippen molar-refractivity contribution in [3.8, 4) is 0 Å². The Morgan fingerprint density at radius 3 is 2.53 bits per heavy atom. The van der Waals surface area contributed by atoms with Crippen LogP contribution in [0, 0.1) is 0 Å². The maximum Gasteiger partial charge on any atom is 0.411 e. The van der Waals surface area contributed by atoms with Crippen LogP contribution in [-0.2, 0) is 17.7 Å². The number of hydrogen-bond acceptors (Lipinski definition) is 4. The van der Waals surface area contributed by atoms with E-state index in [1.165, 1.54) is 0 Å². The summed E-state index contributed by atoms with van der Waals surface area (Å²) in [4.78, 5) is 8.16. The van der Waals surface area contributed by atoms with E-state index < -0.39 is 12.8 Å².